The van der Waals surface area contributed by atoms with Crippen molar-refractivity contribution in [3.8, 4) is 0 Å². The van der Waals surface area contributed by atoms with Gasteiger partial charge >= 0.3 is 0 Å². The van der Waals surface area contributed by atoms with E-state index in [4.69, 9.17) is 22.1 Å². The van der Waals surface area contributed by atoms with Crippen molar-refractivity contribution in [1.82, 2.24) is 14.5 Å². The highest BCUT2D eigenvalue weighted by atomic mass is 35.5. The predicted octanol–water partition coefficient (Wildman–Crippen LogP) is 2.90. The number of hydrogen-bond donors (Lipinski definition) is 1. The molecule has 0 saturated heterocycles. The van der Waals surface area contributed by atoms with Gasteiger partial charge in [-0.1, -0.05) is 25.4 Å². The third-order valence-electron chi connectivity index (χ3n) is 3.12. The van der Waals surface area contributed by atoms with Crippen molar-refractivity contribution in [2.75, 3.05) is 18.9 Å². The van der Waals surface area contributed by atoms with E-state index < -0.39 is 0 Å². The monoisotopic (exact) mass is 282 g/mol. The van der Waals surface area contributed by atoms with Gasteiger partial charge in [-0.25, -0.2) is 9.97 Å². The summed E-state index contributed by atoms with van der Waals surface area (Å²) in [5.74, 6) is 0.812. The van der Waals surface area contributed by atoms with Crippen LogP contribution >= 0.6 is 11.6 Å². The van der Waals surface area contributed by atoms with E-state index in [1.54, 1.807) is 12.3 Å². The third-order valence-corrected chi connectivity index (χ3v) is 3.32. The summed E-state index contributed by atoms with van der Waals surface area (Å²) in [7, 11) is 0. The van der Waals surface area contributed by atoms with Crippen LogP contribution in [0.5, 0.6) is 0 Å². The summed E-state index contributed by atoms with van der Waals surface area (Å²) in [6, 6.07) is 1.88. The van der Waals surface area contributed by atoms with Gasteiger partial charge in [-0.2, -0.15) is 0 Å². The number of nitrogens with two attached hydrogens (primary N) is 1. The Bertz CT molecular complexity index is 567. The minimum absolute atomic E-state index is 0.110. The first-order valence-corrected chi connectivity index (χ1v) is 6.79. The maximum Gasteiger partial charge on any atom is 0.202 e. The van der Waals surface area contributed by atoms with Crippen LogP contribution in [0.15, 0.2) is 12.3 Å². The van der Waals surface area contributed by atoms with Crippen LogP contribution in [0.1, 0.15) is 26.8 Å². The molecule has 5 nitrogen and oxygen atoms in total. The minimum Gasteiger partial charge on any atom is -0.380 e. The Labute approximate surface area is 117 Å². The maximum atomic E-state index is 6.03. The van der Waals surface area contributed by atoms with E-state index in [0.717, 1.165) is 5.65 Å². The molecule has 1 unspecified atom stereocenters. The van der Waals surface area contributed by atoms with Gasteiger partial charge in [0, 0.05) is 12.8 Å². The minimum atomic E-state index is 0.110. The van der Waals surface area contributed by atoms with Gasteiger partial charge in [0.1, 0.15) is 5.52 Å². The van der Waals surface area contributed by atoms with Crippen molar-refractivity contribution < 1.29 is 4.74 Å². The normalized spacial score (nSPS) is 13.3. The average molecular weight is 283 g/mol. The van der Waals surface area contributed by atoms with Gasteiger partial charge in [0.25, 0.3) is 0 Å². The summed E-state index contributed by atoms with van der Waals surface area (Å²) in [6.45, 7) is 7.50. The van der Waals surface area contributed by atoms with E-state index >= 15 is 0 Å². The van der Waals surface area contributed by atoms with Crippen LogP contribution in [0.3, 0.4) is 0 Å². The van der Waals surface area contributed by atoms with Gasteiger partial charge in [-0.3, -0.25) is 4.57 Å². The van der Waals surface area contributed by atoms with Crippen molar-refractivity contribution in [3.05, 3.63) is 17.3 Å². The molecule has 0 amide bonds. The lowest BCUT2D eigenvalue weighted by molar-refractivity contribution is 0.0985. The standard InChI is InChI=1S/C13H19ClN4O/c1-4-19-7-11(8(2)3)18-12-10(17-13(18)15)5-9(14)6-16-12/h5-6,8,11H,4,7H2,1-3H3,(H2,15,17). The molecule has 0 aromatic carbocycles. The first-order valence-electron chi connectivity index (χ1n) is 6.41. The number of anilines is 1. The van der Waals surface area contributed by atoms with Gasteiger partial charge in [-0.05, 0) is 18.9 Å². The number of nitrogen functional groups attached to an aromatic ring is 1. The molecule has 6 heteroatoms. The van der Waals surface area contributed by atoms with Crippen LogP contribution < -0.4 is 5.73 Å². The zero-order valence-corrected chi connectivity index (χ0v) is 12.2. The smallest absolute Gasteiger partial charge is 0.202 e. The molecule has 0 aliphatic carbocycles. The van der Waals surface area contributed by atoms with E-state index in [0.29, 0.717) is 35.6 Å². The lowest BCUT2D eigenvalue weighted by atomic mass is 10.1. The zero-order valence-electron chi connectivity index (χ0n) is 11.4. The molecule has 1 atom stereocenters. The quantitative estimate of drug-likeness (QED) is 0.916. The molecule has 2 heterocycles. The van der Waals surface area contributed by atoms with Crippen LogP contribution in [0.4, 0.5) is 5.95 Å². The molecular formula is C13H19ClN4O. The molecule has 0 saturated carbocycles. The summed E-state index contributed by atoms with van der Waals surface area (Å²) >= 11 is 5.93. The lowest BCUT2D eigenvalue weighted by Gasteiger charge is -2.23. The van der Waals surface area contributed by atoms with Crippen LogP contribution in [-0.2, 0) is 4.74 Å². The van der Waals surface area contributed by atoms with Gasteiger partial charge in [0.2, 0.25) is 5.95 Å². The van der Waals surface area contributed by atoms with Crippen LogP contribution in [-0.4, -0.2) is 27.7 Å². The molecule has 0 radical (unpaired) electrons. The number of rotatable bonds is 5. The van der Waals surface area contributed by atoms with Crippen LogP contribution in [0, 0.1) is 5.92 Å². The van der Waals surface area contributed by atoms with E-state index in [2.05, 4.69) is 23.8 Å². The van der Waals surface area contributed by atoms with Gasteiger partial charge < -0.3 is 10.5 Å². The Morgan fingerprint density at radius 1 is 1.47 bits per heavy atom. The fourth-order valence-electron chi connectivity index (χ4n) is 2.11. The van der Waals surface area contributed by atoms with Crippen molar-refractivity contribution >= 4 is 28.7 Å². The predicted molar refractivity (Wildman–Crippen MR) is 77.3 cm³/mol. The van der Waals surface area contributed by atoms with Gasteiger partial charge in [0.05, 0.1) is 17.7 Å². The van der Waals surface area contributed by atoms with Crippen molar-refractivity contribution in [2.45, 2.75) is 26.8 Å². The van der Waals surface area contributed by atoms with E-state index in [1.807, 2.05) is 11.5 Å². The number of pyridine rings is 1. The Morgan fingerprint density at radius 3 is 2.84 bits per heavy atom. The molecule has 0 bridgehead atoms. The first-order chi connectivity index (χ1) is 9.04. The fourth-order valence-corrected chi connectivity index (χ4v) is 2.26. The topological polar surface area (TPSA) is 66.0 Å². The summed E-state index contributed by atoms with van der Waals surface area (Å²) in [5.41, 5.74) is 7.49. The molecular weight excluding hydrogens is 264 g/mol. The summed E-state index contributed by atoms with van der Waals surface area (Å²) in [6.07, 6.45) is 1.61. The number of ether oxygens (including phenoxy) is 1. The molecule has 2 rings (SSSR count). The molecule has 0 spiro atoms. The van der Waals surface area contributed by atoms with Crippen molar-refractivity contribution in [1.29, 1.82) is 0 Å². The van der Waals surface area contributed by atoms with E-state index in [9.17, 15) is 0 Å². The van der Waals surface area contributed by atoms with Crippen molar-refractivity contribution in [3.63, 3.8) is 0 Å². The Morgan fingerprint density at radius 2 is 2.21 bits per heavy atom. The molecule has 0 aliphatic heterocycles. The molecule has 2 aromatic rings. The summed E-state index contributed by atoms with van der Waals surface area (Å²) in [5, 5.41) is 0.558. The molecule has 0 aliphatic rings. The SMILES string of the molecule is CCOCC(C(C)C)n1c(N)nc2cc(Cl)cnc21. The van der Waals surface area contributed by atoms with Crippen molar-refractivity contribution in [2.24, 2.45) is 5.92 Å². The van der Waals surface area contributed by atoms with Gasteiger partial charge in [-0.15, -0.1) is 0 Å². The number of halogens is 1. The molecule has 104 valence electrons. The van der Waals surface area contributed by atoms with Gasteiger partial charge in [0.15, 0.2) is 5.65 Å². The number of imidazole rings is 1. The van der Waals surface area contributed by atoms with Crippen LogP contribution in [0.2, 0.25) is 5.02 Å². The maximum absolute atomic E-state index is 6.03. The number of hydrogen-bond acceptors (Lipinski definition) is 4. The second kappa shape index (κ2) is 5.75. The number of nitrogens with zero attached hydrogens (tertiary/aromatic N) is 3. The highest BCUT2D eigenvalue weighted by Crippen LogP contribution is 2.27. The Hall–Kier alpha value is -1.33. The Balaban J connectivity index is 2.49. The first kappa shape index (κ1) is 14.1. The molecule has 2 N–H and O–H groups in total. The molecule has 0 fully saturated rings. The summed E-state index contributed by atoms with van der Waals surface area (Å²) in [4.78, 5) is 8.67. The van der Waals surface area contributed by atoms with Crippen LogP contribution in [0.25, 0.3) is 11.2 Å². The third kappa shape index (κ3) is 2.82. The summed E-state index contributed by atoms with van der Waals surface area (Å²) < 4.78 is 7.49. The zero-order chi connectivity index (χ0) is 14.0. The molecule has 2 aromatic heterocycles. The largest absolute Gasteiger partial charge is 0.380 e. The average Bonchev–Trinajstić information content (AvgIpc) is 2.65. The molecule has 19 heavy (non-hydrogen) atoms. The number of fused-ring (bicyclic) bond motifs is 1. The van der Waals surface area contributed by atoms with E-state index in [-0.39, 0.29) is 6.04 Å². The highest BCUT2D eigenvalue weighted by Gasteiger charge is 2.22. The van der Waals surface area contributed by atoms with E-state index in [1.165, 1.54) is 0 Å². The second-order valence-electron chi connectivity index (χ2n) is 4.81. The highest BCUT2D eigenvalue weighted by molar-refractivity contribution is 6.31. The number of aromatic nitrogens is 3. The lowest BCUT2D eigenvalue weighted by Crippen LogP contribution is -2.22. The second-order valence-corrected chi connectivity index (χ2v) is 5.24. The Kier molecular flexibility index (Phi) is 4.27. The fraction of sp³-hybridized carbons (Fsp3) is 0.538.